The lowest BCUT2D eigenvalue weighted by molar-refractivity contribution is -0.122. The van der Waals surface area contributed by atoms with E-state index in [1.807, 2.05) is 11.9 Å². The second-order valence-corrected chi connectivity index (χ2v) is 9.39. The van der Waals surface area contributed by atoms with Crippen LogP contribution < -0.4 is 15.4 Å². The van der Waals surface area contributed by atoms with Gasteiger partial charge in [0, 0.05) is 50.0 Å². The first kappa shape index (κ1) is 25.0. The van der Waals surface area contributed by atoms with E-state index in [0.717, 1.165) is 18.7 Å². The number of amides is 4. The smallest absolute Gasteiger partial charge is 0.323 e. The van der Waals surface area contributed by atoms with Crippen LogP contribution in [0, 0.1) is 11.8 Å². The molecule has 38 heavy (non-hydrogen) atoms. The number of piperazine rings is 1. The van der Waals surface area contributed by atoms with Gasteiger partial charge in [0.25, 0.3) is 11.8 Å². The zero-order valence-electron chi connectivity index (χ0n) is 21.0. The van der Waals surface area contributed by atoms with Crippen LogP contribution in [0.4, 0.5) is 4.79 Å². The number of aromatic nitrogens is 1. The lowest BCUT2D eigenvalue weighted by atomic mass is 9.99. The van der Waals surface area contributed by atoms with Crippen molar-refractivity contribution in [1.82, 2.24) is 30.3 Å². The zero-order valence-corrected chi connectivity index (χ0v) is 21.0. The third-order valence-corrected chi connectivity index (χ3v) is 6.88. The summed E-state index contributed by atoms with van der Waals surface area (Å²) in [6.45, 7) is 3.25. The summed E-state index contributed by atoms with van der Waals surface area (Å²) in [5.74, 6) is 5.80. The molecule has 0 saturated carbocycles. The molecule has 0 spiro atoms. The van der Waals surface area contributed by atoms with E-state index < -0.39 is 17.5 Å². The first-order valence-corrected chi connectivity index (χ1v) is 12.1. The number of hydrogen-bond acceptors (Lipinski definition) is 8. The molecule has 0 radical (unpaired) electrons. The number of carbonyl (C=O) groups is 3. The number of methoxy groups -OCH3 is 1. The predicted molar refractivity (Wildman–Crippen MR) is 136 cm³/mol. The van der Waals surface area contributed by atoms with Gasteiger partial charge in [-0.15, -0.1) is 0 Å². The van der Waals surface area contributed by atoms with Crippen LogP contribution in [0.15, 0.2) is 41.7 Å². The van der Waals surface area contributed by atoms with Crippen LogP contribution in [0.2, 0.25) is 0 Å². The molecular weight excluding hydrogens is 490 g/mol. The molecule has 12 heteroatoms. The van der Waals surface area contributed by atoms with Gasteiger partial charge in [-0.05, 0) is 36.9 Å². The summed E-state index contributed by atoms with van der Waals surface area (Å²) in [7, 11) is 3.56. The Bertz CT molecular complexity index is 1370. The Morgan fingerprint density at radius 1 is 1.18 bits per heavy atom. The number of urea groups is 1. The summed E-state index contributed by atoms with van der Waals surface area (Å²) in [6, 6.07) is 7.93. The van der Waals surface area contributed by atoms with E-state index in [1.165, 1.54) is 18.2 Å². The lowest BCUT2D eigenvalue weighted by Crippen LogP contribution is -2.54. The fourth-order valence-electron chi connectivity index (χ4n) is 4.69. The maximum atomic E-state index is 13.1. The molecule has 1 atom stereocenters. The molecule has 4 amide bonds. The van der Waals surface area contributed by atoms with Crippen molar-refractivity contribution in [3.63, 3.8) is 0 Å². The average molecular weight is 518 g/mol. The third-order valence-electron chi connectivity index (χ3n) is 6.88. The van der Waals surface area contributed by atoms with Gasteiger partial charge in [-0.25, -0.2) is 4.79 Å². The largest absolute Gasteiger partial charge is 0.497 e. The fraction of sp³-hybridized carbons (Fsp3) is 0.346. The van der Waals surface area contributed by atoms with Crippen molar-refractivity contribution in [2.45, 2.75) is 12.1 Å². The molecule has 2 saturated heterocycles. The van der Waals surface area contributed by atoms with Crippen LogP contribution in [0.1, 0.15) is 27.2 Å². The maximum absolute atomic E-state index is 13.1. The third kappa shape index (κ3) is 4.71. The van der Waals surface area contributed by atoms with E-state index in [4.69, 9.17) is 4.74 Å². The summed E-state index contributed by atoms with van der Waals surface area (Å²) < 4.78 is 5.22. The van der Waals surface area contributed by atoms with Crippen molar-refractivity contribution in [2.24, 2.45) is 5.16 Å². The number of oxime groups is 1. The van der Waals surface area contributed by atoms with E-state index in [-0.39, 0.29) is 19.0 Å². The second kappa shape index (κ2) is 10.0. The summed E-state index contributed by atoms with van der Waals surface area (Å²) >= 11 is 0. The lowest BCUT2D eigenvalue weighted by Gasteiger charge is -2.33. The number of nitrogens with zero attached hydrogens (tertiary/aromatic N) is 5. The Kier molecular flexibility index (Phi) is 6.61. The molecule has 5 rings (SSSR count). The minimum absolute atomic E-state index is 0.135. The van der Waals surface area contributed by atoms with Crippen LogP contribution in [-0.4, -0.2) is 101 Å². The molecule has 1 aromatic heterocycles. The molecule has 3 aliphatic rings. The first-order valence-electron chi connectivity index (χ1n) is 12.1. The summed E-state index contributed by atoms with van der Waals surface area (Å²) in [6.07, 6.45) is 1.51. The van der Waals surface area contributed by atoms with Crippen molar-refractivity contribution in [1.29, 1.82) is 0 Å². The standard InChI is InChI=1S/C26H27N7O5/c1-31-9-11-32(12-10-31)22(30-37)21-6-3-17(14-27-21)7-8-26(24(35)28-25(36)29-26)16-33-15-18-4-5-19(38-2)13-20(18)23(33)34/h3-6,13-14,37H,9-12,15-16H2,1-2H3,(H2,28,29,35,36)/b30-22+/t26-/m1/s1. The monoisotopic (exact) mass is 517 g/mol. The van der Waals surface area contributed by atoms with Gasteiger partial charge in [-0.1, -0.05) is 23.1 Å². The highest BCUT2D eigenvalue weighted by molar-refractivity contribution is 6.10. The van der Waals surface area contributed by atoms with Crippen LogP contribution in [0.5, 0.6) is 5.75 Å². The van der Waals surface area contributed by atoms with E-state index in [9.17, 15) is 19.6 Å². The average Bonchev–Trinajstić information content (AvgIpc) is 3.38. The number of nitrogens with one attached hydrogen (secondary N) is 2. The summed E-state index contributed by atoms with van der Waals surface area (Å²) in [5, 5.41) is 17.9. The SMILES string of the molecule is COc1ccc2c(c1)C(=O)N(C[C@@]1(C#Cc3ccc(/C(=N\O)N4CCN(C)CC4)nc3)NC(=O)NC1=O)C2. The number of hydrogen-bond donors (Lipinski definition) is 3. The summed E-state index contributed by atoms with van der Waals surface area (Å²) in [4.78, 5) is 48.0. The second-order valence-electron chi connectivity index (χ2n) is 9.39. The van der Waals surface area contributed by atoms with Gasteiger partial charge in [0.2, 0.25) is 5.54 Å². The van der Waals surface area contributed by atoms with E-state index >= 15 is 0 Å². The van der Waals surface area contributed by atoms with Crippen molar-refractivity contribution < 1.29 is 24.3 Å². The van der Waals surface area contributed by atoms with Crippen LogP contribution in [0.3, 0.4) is 0 Å². The van der Waals surface area contributed by atoms with Gasteiger partial charge in [-0.3, -0.25) is 19.9 Å². The Labute approximate surface area is 219 Å². The summed E-state index contributed by atoms with van der Waals surface area (Å²) in [5.41, 5.74) is 0.622. The Morgan fingerprint density at radius 3 is 2.61 bits per heavy atom. The minimum Gasteiger partial charge on any atom is -0.497 e. The fourth-order valence-corrected chi connectivity index (χ4v) is 4.69. The Balaban J connectivity index is 1.36. The quantitative estimate of drug-likeness (QED) is 0.129. The molecule has 2 fully saturated rings. The number of imide groups is 1. The molecule has 196 valence electrons. The number of ether oxygens (including phenoxy) is 1. The number of pyridine rings is 1. The van der Waals surface area contributed by atoms with E-state index in [2.05, 4.69) is 37.5 Å². The highest BCUT2D eigenvalue weighted by Gasteiger charge is 2.48. The number of likely N-dealkylation sites (N-methyl/N-ethyl adjacent to an activating group) is 1. The van der Waals surface area contributed by atoms with Gasteiger partial charge in [0.1, 0.15) is 11.4 Å². The van der Waals surface area contributed by atoms with Crippen molar-refractivity contribution in [2.75, 3.05) is 46.9 Å². The molecule has 12 nitrogen and oxygen atoms in total. The number of amidine groups is 1. The highest BCUT2D eigenvalue weighted by atomic mass is 16.5. The van der Waals surface area contributed by atoms with Crippen LogP contribution in [-0.2, 0) is 11.3 Å². The van der Waals surface area contributed by atoms with Gasteiger partial charge in [0.15, 0.2) is 5.84 Å². The van der Waals surface area contributed by atoms with Crippen molar-refractivity contribution in [3.8, 4) is 17.6 Å². The normalized spacial score (nSPS) is 21.5. The Hall–Kier alpha value is -4.63. The van der Waals surface area contributed by atoms with Crippen molar-refractivity contribution >= 4 is 23.7 Å². The number of carbonyl (C=O) groups excluding carboxylic acids is 3. The number of benzene rings is 1. The van der Waals surface area contributed by atoms with E-state index in [1.54, 1.807) is 30.3 Å². The first-order chi connectivity index (χ1) is 18.3. The van der Waals surface area contributed by atoms with Gasteiger partial charge < -0.3 is 30.0 Å². The van der Waals surface area contributed by atoms with E-state index in [0.29, 0.717) is 41.5 Å². The molecule has 3 N–H and O–H groups in total. The molecule has 2 aromatic rings. The van der Waals surface area contributed by atoms with Crippen LogP contribution >= 0.6 is 0 Å². The minimum atomic E-state index is -1.63. The zero-order chi connectivity index (χ0) is 26.9. The van der Waals surface area contributed by atoms with Crippen LogP contribution in [0.25, 0.3) is 0 Å². The molecule has 4 heterocycles. The number of fused-ring (bicyclic) bond motifs is 1. The van der Waals surface area contributed by atoms with Gasteiger partial charge in [0.05, 0.1) is 13.7 Å². The molecule has 0 unspecified atom stereocenters. The molecule has 3 aliphatic heterocycles. The Morgan fingerprint density at radius 2 is 1.97 bits per heavy atom. The predicted octanol–water partition coefficient (Wildman–Crippen LogP) is 0.0591. The van der Waals surface area contributed by atoms with Crippen molar-refractivity contribution in [3.05, 3.63) is 58.9 Å². The van der Waals surface area contributed by atoms with Gasteiger partial charge >= 0.3 is 6.03 Å². The number of rotatable bonds is 4. The molecular formula is C26H27N7O5. The van der Waals surface area contributed by atoms with Gasteiger partial charge in [-0.2, -0.15) is 0 Å². The molecule has 0 bridgehead atoms. The highest BCUT2D eigenvalue weighted by Crippen LogP contribution is 2.28. The molecule has 1 aromatic carbocycles. The maximum Gasteiger partial charge on any atom is 0.323 e. The topological polar surface area (TPSA) is 140 Å². The molecule has 0 aliphatic carbocycles.